The molecule has 3 aliphatic rings. The maximum atomic E-state index is 12.7. The molecule has 0 radical (unpaired) electrons. The molecule has 12 heteroatoms. The van der Waals surface area contributed by atoms with Crippen molar-refractivity contribution in [3.63, 3.8) is 0 Å². The van der Waals surface area contributed by atoms with Gasteiger partial charge < -0.3 is 19.9 Å². The van der Waals surface area contributed by atoms with Gasteiger partial charge in [-0.3, -0.25) is 9.78 Å². The van der Waals surface area contributed by atoms with E-state index in [1.165, 1.54) is 0 Å². The Hall–Kier alpha value is -3.83. The van der Waals surface area contributed by atoms with Gasteiger partial charge in [-0.2, -0.15) is 0 Å². The van der Waals surface area contributed by atoms with Gasteiger partial charge in [0.15, 0.2) is 0 Å². The Kier molecular flexibility index (Phi) is 4.74. The van der Waals surface area contributed by atoms with E-state index in [0.717, 1.165) is 25.2 Å². The smallest absolute Gasteiger partial charge is 0.412 e. The molecule has 1 aromatic heterocycles. The van der Waals surface area contributed by atoms with Crippen molar-refractivity contribution in [3.05, 3.63) is 47.5 Å². The van der Waals surface area contributed by atoms with Crippen molar-refractivity contribution in [1.29, 1.82) is 0 Å². The second kappa shape index (κ2) is 7.34. The Balaban J connectivity index is 1.50. The van der Waals surface area contributed by atoms with Gasteiger partial charge in [-0.15, -0.1) is 0 Å². The fourth-order valence-corrected chi connectivity index (χ4v) is 5.00. The Bertz CT molecular complexity index is 1210. The summed E-state index contributed by atoms with van der Waals surface area (Å²) < 4.78 is 37.4. The third kappa shape index (κ3) is 3.24. The molecule has 1 saturated carbocycles. The number of hydrogen-bond donors (Lipinski definition) is 3. The first-order valence-electron chi connectivity index (χ1n) is 10.5. The zero-order valence-electron chi connectivity index (χ0n) is 18.3. The number of aliphatic imine (C=N–C) groups is 1. The minimum atomic E-state index is -2.78. The van der Waals surface area contributed by atoms with Crippen LogP contribution in [0.4, 0.5) is 19.3 Å². The van der Waals surface area contributed by atoms with Crippen molar-refractivity contribution in [2.24, 2.45) is 10.4 Å². The van der Waals surface area contributed by atoms with Gasteiger partial charge >= 0.3 is 6.09 Å². The van der Waals surface area contributed by atoms with E-state index < -0.39 is 40.7 Å². The number of anilines is 1. The lowest BCUT2D eigenvalue weighted by molar-refractivity contribution is -0.0478. The highest BCUT2D eigenvalue weighted by Gasteiger charge is 2.73. The van der Waals surface area contributed by atoms with Crippen LogP contribution in [0.15, 0.2) is 35.6 Å². The van der Waals surface area contributed by atoms with Gasteiger partial charge in [0.2, 0.25) is 0 Å². The minimum absolute atomic E-state index is 0.0914. The van der Waals surface area contributed by atoms with Gasteiger partial charge in [-0.1, -0.05) is 0 Å². The van der Waals surface area contributed by atoms with Gasteiger partial charge in [0.05, 0.1) is 12.4 Å². The number of alkyl halides is 2. The Labute approximate surface area is 192 Å². The first-order valence-corrected chi connectivity index (χ1v) is 10.5. The summed E-state index contributed by atoms with van der Waals surface area (Å²) in [6, 6.07) is 4.96. The lowest BCUT2D eigenvalue weighted by atomic mass is 9.66. The van der Waals surface area contributed by atoms with Crippen LogP contribution in [0.25, 0.3) is 0 Å². The number of carbonyl (C=O) groups is 2. The molecule has 34 heavy (non-hydrogen) atoms. The van der Waals surface area contributed by atoms with E-state index >= 15 is 0 Å². The molecule has 178 valence electrons. The van der Waals surface area contributed by atoms with Crippen LogP contribution in [0, 0.1) is 5.41 Å². The van der Waals surface area contributed by atoms with E-state index in [1.54, 1.807) is 18.2 Å². The molecule has 1 aromatic carbocycles. The van der Waals surface area contributed by atoms with Gasteiger partial charge in [0.1, 0.15) is 34.9 Å². The number of amidine groups is 1. The molecule has 3 N–H and O–H groups in total. The van der Waals surface area contributed by atoms with Crippen LogP contribution >= 0.6 is 0 Å². The number of nitrogens with zero attached hydrogens (tertiary/aromatic N) is 3. The van der Waals surface area contributed by atoms with E-state index in [4.69, 9.17) is 19.6 Å². The van der Waals surface area contributed by atoms with Gasteiger partial charge in [-0.05, 0) is 44.9 Å². The molecular weight excluding hydrogens is 452 g/mol. The highest BCUT2D eigenvalue weighted by atomic mass is 19.3. The predicted molar refractivity (Wildman–Crippen MR) is 114 cm³/mol. The molecule has 1 fully saturated rings. The van der Waals surface area contributed by atoms with E-state index in [1.807, 2.05) is 13.8 Å². The summed E-state index contributed by atoms with van der Waals surface area (Å²) in [6.45, 7) is 4.06. The van der Waals surface area contributed by atoms with Crippen molar-refractivity contribution < 1.29 is 33.0 Å². The van der Waals surface area contributed by atoms with E-state index in [-0.39, 0.29) is 18.3 Å². The van der Waals surface area contributed by atoms with Crippen LogP contribution in [-0.2, 0) is 10.3 Å². The molecule has 0 unspecified atom stereocenters. The molecule has 3 heterocycles. The Morgan fingerprint density at radius 2 is 1.91 bits per heavy atom. The van der Waals surface area contributed by atoms with Crippen LogP contribution < -0.4 is 15.4 Å². The van der Waals surface area contributed by atoms with Crippen molar-refractivity contribution in [1.82, 2.24) is 15.3 Å². The number of benzene rings is 1. The summed E-state index contributed by atoms with van der Waals surface area (Å²) in [7, 11) is 0. The summed E-state index contributed by atoms with van der Waals surface area (Å²) in [5, 5.41) is 14.0. The molecule has 1 atom stereocenters. The quantitative estimate of drug-likeness (QED) is 0.621. The first-order chi connectivity index (χ1) is 16.1. The van der Waals surface area contributed by atoms with Gasteiger partial charge in [0.25, 0.3) is 18.4 Å². The van der Waals surface area contributed by atoms with Crippen LogP contribution in [0.1, 0.15) is 54.9 Å². The van der Waals surface area contributed by atoms with E-state index in [2.05, 4.69) is 20.6 Å². The first kappa shape index (κ1) is 22.0. The summed E-state index contributed by atoms with van der Waals surface area (Å²) >= 11 is 0. The highest BCUT2D eigenvalue weighted by Crippen LogP contribution is 2.71. The number of ether oxygens (including phenoxy) is 2. The number of rotatable bonds is 3. The fourth-order valence-electron chi connectivity index (χ4n) is 5.00. The molecule has 2 spiro atoms. The molecule has 5 rings (SSSR count). The lowest BCUT2D eigenvalue weighted by Crippen LogP contribution is -2.55. The average molecular weight is 473 g/mol. The number of aromatic nitrogens is 2. The SMILES string of the molecule is CC1(C)Oc2ccc(NC(=O)c3cnc(C(F)F)cn3)cc2[C@@]2(COC(NC(=O)O)=N2)C12CC2. The lowest BCUT2D eigenvalue weighted by Gasteiger charge is -2.49. The van der Waals surface area contributed by atoms with Crippen LogP contribution in [0.3, 0.4) is 0 Å². The minimum Gasteiger partial charge on any atom is -0.487 e. The topological polar surface area (TPSA) is 135 Å². The van der Waals surface area contributed by atoms with Crippen molar-refractivity contribution in [2.45, 2.75) is 44.3 Å². The summed E-state index contributed by atoms with van der Waals surface area (Å²) in [6.07, 6.45) is -0.622. The number of carbonyl (C=O) groups excluding carboxylic acids is 1. The Morgan fingerprint density at radius 1 is 1.15 bits per heavy atom. The van der Waals surface area contributed by atoms with Crippen molar-refractivity contribution in [2.75, 3.05) is 11.9 Å². The molecule has 0 saturated heterocycles. The molecule has 10 nitrogen and oxygen atoms in total. The molecule has 0 bridgehead atoms. The molecule has 2 aromatic rings. The summed E-state index contributed by atoms with van der Waals surface area (Å²) in [5.74, 6) is -0.0783. The number of nitrogens with one attached hydrogen (secondary N) is 2. The average Bonchev–Trinajstić information content (AvgIpc) is 3.51. The maximum Gasteiger partial charge on any atom is 0.412 e. The number of amides is 2. The van der Waals surface area contributed by atoms with Crippen molar-refractivity contribution >= 4 is 23.7 Å². The summed E-state index contributed by atoms with van der Waals surface area (Å²) in [5.41, 5.74) is -1.52. The predicted octanol–water partition coefficient (Wildman–Crippen LogP) is 3.47. The third-order valence-electron chi connectivity index (χ3n) is 6.79. The number of carboxylic acid groups (broad SMARTS) is 1. The monoisotopic (exact) mass is 473 g/mol. The van der Waals surface area contributed by atoms with Crippen LogP contribution in [-0.4, -0.2) is 45.3 Å². The van der Waals surface area contributed by atoms with E-state index in [9.17, 15) is 18.4 Å². The second-order valence-corrected chi connectivity index (χ2v) is 8.98. The normalized spacial score (nSPS) is 23.0. The maximum absolute atomic E-state index is 12.7. The summed E-state index contributed by atoms with van der Waals surface area (Å²) in [4.78, 5) is 35.8. The number of fused-ring (bicyclic) bond motifs is 3. The van der Waals surface area contributed by atoms with Crippen molar-refractivity contribution in [3.8, 4) is 5.75 Å². The fraction of sp³-hybridized carbons (Fsp3) is 0.409. The number of hydrogen-bond acceptors (Lipinski definition) is 7. The standard InChI is InChI=1S/C22H21F2N5O5/c1-20(2)21(5-6-21)22(10-33-18(29-22)28-19(31)32)12-7-11(3-4-15(12)34-20)27-17(30)14-9-25-13(8-26-14)16(23)24/h3-4,7-9,16H,5-6,10H2,1-2H3,(H,27,30)(H,28,29)(H,31,32)/t22-/m0/s1. The number of halogens is 2. The molecule has 1 aliphatic carbocycles. The van der Waals surface area contributed by atoms with Gasteiger partial charge in [0, 0.05) is 16.7 Å². The second-order valence-electron chi connectivity index (χ2n) is 8.98. The largest absolute Gasteiger partial charge is 0.487 e. The molecule has 2 aliphatic heterocycles. The van der Waals surface area contributed by atoms with E-state index in [0.29, 0.717) is 17.0 Å². The Morgan fingerprint density at radius 3 is 2.53 bits per heavy atom. The zero-order chi connectivity index (χ0) is 24.3. The highest BCUT2D eigenvalue weighted by molar-refractivity contribution is 6.02. The molecule has 2 amide bonds. The van der Waals surface area contributed by atoms with Crippen LogP contribution in [0.2, 0.25) is 0 Å². The third-order valence-corrected chi connectivity index (χ3v) is 6.79. The van der Waals surface area contributed by atoms with Gasteiger partial charge in [-0.25, -0.2) is 28.9 Å². The van der Waals surface area contributed by atoms with Crippen LogP contribution in [0.5, 0.6) is 5.75 Å². The molecular formula is C22H21F2N5O5. The zero-order valence-corrected chi connectivity index (χ0v) is 18.3.